The number of pyridine rings is 2. The maximum atomic E-state index is 5.48. The van der Waals surface area contributed by atoms with E-state index in [0.29, 0.717) is 40.4 Å². The molecule has 0 aliphatic carbocycles. The molecule has 0 unspecified atom stereocenters. The van der Waals surface area contributed by atoms with Crippen molar-refractivity contribution in [1.82, 2.24) is 58.6 Å². The minimum Gasteiger partial charge on any atom is -0.308 e. The van der Waals surface area contributed by atoms with E-state index in [0.717, 1.165) is 111 Å². The Morgan fingerprint density at radius 3 is 1.43 bits per heavy atom. The van der Waals surface area contributed by atoms with Gasteiger partial charge in [-0.25, -0.2) is 34.9 Å². The Bertz CT molecular complexity index is 4980. The molecule has 12 nitrogen and oxygen atoms in total. The van der Waals surface area contributed by atoms with E-state index < -0.39 is 0 Å². The first kappa shape index (κ1) is 45.8. The average Bonchev–Trinajstić information content (AvgIpc) is 4.28. The Kier molecular flexibility index (Phi) is 10.6. The van der Waals surface area contributed by atoms with E-state index in [2.05, 4.69) is 159 Å². The molecule has 0 atom stereocenters. The lowest BCUT2D eigenvalue weighted by molar-refractivity contribution is 0.948. The van der Waals surface area contributed by atoms with E-state index >= 15 is 0 Å². The van der Waals surface area contributed by atoms with Gasteiger partial charge >= 0.3 is 0 Å². The van der Waals surface area contributed by atoms with E-state index in [4.69, 9.17) is 44.9 Å². The van der Waals surface area contributed by atoms with Crippen molar-refractivity contribution in [2.24, 2.45) is 0 Å². The first-order valence-electron chi connectivity index (χ1n) is 26.7. The van der Waals surface area contributed by atoms with Crippen molar-refractivity contribution < 1.29 is 0 Å². The van der Waals surface area contributed by atoms with E-state index in [9.17, 15) is 0 Å². The van der Waals surface area contributed by atoms with Crippen molar-refractivity contribution in [1.29, 1.82) is 0 Å². The van der Waals surface area contributed by atoms with Crippen LogP contribution in [0, 0.1) is 0 Å². The van der Waals surface area contributed by atoms with Crippen molar-refractivity contribution in [3.63, 3.8) is 0 Å². The quantitative estimate of drug-likeness (QED) is 0.139. The lowest BCUT2D eigenvalue weighted by Gasteiger charge is -2.14. The molecule has 0 saturated carbocycles. The van der Waals surface area contributed by atoms with Crippen molar-refractivity contribution in [3.05, 3.63) is 255 Å². The highest BCUT2D eigenvalue weighted by Crippen LogP contribution is 2.43. The average molecular weight is 1040 g/mol. The molecule has 0 fully saturated rings. The number of hydrogen-bond acceptors (Lipinski definition) is 9. The number of nitrogens with zero attached hydrogens (tertiary/aromatic N) is 12. The molecule has 81 heavy (non-hydrogen) atoms. The predicted molar refractivity (Wildman–Crippen MR) is 322 cm³/mol. The third-order valence-electron chi connectivity index (χ3n) is 15.2. The zero-order valence-corrected chi connectivity index (χ0v) is 43.1. The number of hydrogen-bond donors (Lipinski definition) is 0. The van der Waals surface area contributed by atoms with Crippen LogP contribution in [-0.2, 0) is 0 Å². The molecule has 8 aromatic carbocycles. The summed E-state index contributed by atoms with van der Waals surface area (Å²) >= 11 is 0. The smallest absolute Gasteiger partial charge is 0.238 e. The maximum absolute atomic E-state index is 5.48. The fourth-order valence-electron chi connectivity index (χ4n) is 11.5. The third-order valence-corrected chi connectivity index (χ3v) is 15.2. The Morgan fingerprint density at radius 2 is 0.790 bits per heavy atom. The van der Waals surface area contributed by atoms with Gasteiger partial charge in [0.1, 0.15) is 5.65 Å². The summed E-state index contributed by atoms with van der Waals surface area (Å²) in [4.78, 5) is 45.2. The molecule has 0 bridgehead atoms. The van der Waals surface area contributed by atoms with Gasteiger partial charge in [-0.15, -0.1) is 0 Å². The number of benzene rings is 8. The van der Waals surface area contributed by atoms with Gasteiger partial charge in [-0.3, -0.25) is 9.13 Å². The summed E-state index contributed by atoms with van der Waals surface area (Å²) in [6.07, 6.45) is 8.94. The van der Waals surface area contributed by atoms with Gasteiger partial charge in [0.2, 0.25) is 5.95 Å². The molecule has 12 heteroatoms. The second kappa shape index (κ2) is 18.7. The molecule has 0 aliphatic heterocycles. The van der Waals surface area contributed by atoms with Crippen LogP contribution in [0.1, 0.15) is 0 Å². The number of rotatable bonds is 9. The van der Waals surface area contributed by atoms with Crippen LogP contribution in [0.4, 0.5) is 0 Å². The molecule has 16 rings (SSSR count). The topological polar surface area (TPSA) is 131 Å². The highest BCUT2D eigenvalue weighted by molar-refractivity contribution is 6.26. The first-order chi connectivity index (χ1) is 40.2. The summed E-state index contributed by atoms with van der Waals surface area (Å²) in [5, 5.41) is 6.46. The number of fused-ring (bicyclic) bond motifs is 10. The van der Waals surface area contributed by atoms with Crippen molar-refractivity contribution >= 4 is 65.5 Å². The Balaban J connectivity index is 0.928. The molecule has 0 aliphatic rings. The second-order valence-corrected chi connectivity index (χ2v) is 19.9. The van der Waals surface area contributed by atoms with Gasteiger partial charge in [-0.1, -0.05) is 158 Å². The molecule has 378 valence electrons. The summed E-state index contributed by atoms with van der Waals surface area (Å²) in [6, 6.07) is 77.5. The van der Waals surface area contributed by atoms with E-state index in [-0.39, 0.29) is 0 Å². The predicted octanol–water partition coefficient (Wildman–Crippen LogP) is 15.5. The van der Waals surface area contributed by atoms with Crippen LogP contribution in [0.2, 0.25) is 0 Å². The largest absolute Gasteiger partial charge is 0.308 e. The molecule has 0 spiro atoms. The van der Waals surface area contributed by atoms with Gasteiger partial charge in [0, 0.05) is 91.2 Å². The zero-order chi connectivity index (χ0) is 53.4. The van der Waals surface area contributed by atoms with Crippen LogP contribution in [0.25, 0.3) is 151 Å². The fraction of sp³-hybridized carbons (Fsp3) is 0. The van der Waals surface area contributed by atoms with Gasteiger partial charge in [-0.2, -0.15) is 9.97 Å². The highest BCUT2D eigenvalue weighted by atomic mass is 15.2. The van der Waals surface area contributed by atoms with Gasteiger partial charge in [-0.05, 0) is 66.7 Å². The molecule has 0 saturated heterocycles. The fourth-order valence-corrected chi connectivity index (χ4v) is 11.5. The Labute approximate surface area is 462 Å². The Hall–Kier alpha value is -11.4. The molecule has 16 aromatic rings. The third kappa shape index (κ3) is 7.65. The van der Waals surface area contributed by atoms with Crippen LogP contribution < -0.4 is 0 Å². The number of aromatic nitrogens is 12. The van der Waals surface area contributed by atoms with Gasteiger partial charge in [0.15, 0.2) is 23.3 Å². The van der Waals surface area contributed by atoms with Crippen LogP contribution in [0.3, 0.4) is 0 Å². The SMILES string of the molecule is c1ccc(-c2cc(-n3c4ccccc4c4ccc5c(c6ccccc6n5-c5nc(-c6cnc(-c7ccccc7)nc6)nc(-c6cnc(-c7ccccc7)nc6)n5)c43)cc(-c3ccc4c(c3)c3cccnc3n4-c3ccccc3)n2)cc1. The first-order valence-corrected chi connectivity index (χ1v) is 26.7. The lowest BCUT2D eigenvalue weighted by atomic mass is 10.0. The second-order valence-electron chi connectivity index (χ2n) is 19.9. The van der Waals surface area contributed by atoms with E-state index in [1.807, 2.05) is 85.1 Å². The minimum absolute atomic E-state index is 0.403. The van der Waals surface area contributed by atoms with Crippen LogP contribution >= 0.6 is 0 Å². The standard InChI is InChI=1S/C69H42N12/c1-5-18-43(19-6-1)56-37-50(38-57(75-56)46-31-33-60-55(36-46)53-28-17-35-70-68(53)80(60)49-24-11-4-12-25-49)79-58-29-15-13-26-51(58)52-32-34-61-62(63(52)79)54-27-14-16-30-59(54)81(61)69-77-66(47-39-71-64(72-40-47)44-20-7-2-8-21-44)76-67(78-69)48-41-73-65(74-42-48)45-22-9-3-10-23-45/h1-42H. The summed E-state index contributed by atoms with van der Waals surface area (Å²) in [5.41, 5.74) is 14.7. The van der Waals surface area contributed by atoms with Gasteiger partial charge < -0.3 is 4.57 Å². The molecule has 8 heterocycles. The Morgan fingerprint density at radius 1 is 0.272 bits per heavy atom. The molecule has 0 N–H and O–H groups in total. The van der Waals surface area contributed by atoms with Gasteiger partial charge in [0.05, 0.1) is 55.8 Å². The minimum atomic E-state index is 0.403. The molecule has 0 radical (unpaired) electrons. The van der Waals surface area contributed by atoms with Crippen molar-refractivity contribution in [3.8, 4) is 85.4 Å². The molecular formula is C69H42N12. The lowest BCUT2D eigenvalue weighted by Crippen LogP contribution is -2.07. The van der Waals surface area contributed by atoms with Crippen molar-refractivity contribution in [2.75, 3.05) is 0 Å². The van der Waals surface area contributed by atoms with Crippen LogP contribution in [0.15, 0.2) is 255 Å². The normalized spacial score (nSPS) is 11.7. The van der Waals surface area contributed by atoms with Gasteiger partial charge in [0.25, 0.3) is 0 Å². The monoisotopic (exact) mass is 1040 g/mol. The molecule has 0 amide bonds. The van der Waals surface area contributed by atoms with Crippen molar-refractivity contribution in [2.45, 2.75) is 0 Å². The summed E-state index contributed by atoms with van der Waals surface area (Å²) < 4.78 is 6.79. The zero-order valence-electron chi connectivity index (χ0n) is 43.1. The summed E-state index contributed by atoms with van der Waals surface area (Å²) in [6.45, 7) is 0. The van der Waals surface area contributed by atoms with E-state index in [1.165, 1.54) is 0 Å². The maximum Gasteiger partial charge on any atom is 0.238 e. The molecular weight excluding hydrogens is 997 g/mol. The summed E-state index contributed by atoms with van der Waals surface area (Å²) in [7, 11) is 0. The molecule has 8 aromatic heterocycles. The van der Waals surface area contributed by atoms with E-state index in [1.54, 1.807) is 24.8 Å². The highest BCUT2D eigenvalue weighted by Gasteiger charge is 2.25. The van der Waals surface area contributed by atoms with Crippen LogP contribution in [0.5, 0.6) is 0 Å². The summed E-state index contributed by atoms with van der Waals surface area (Å²) in [5.74, 6) is 2.42. The van der Waals surface area contributed by atoms with Crippen LogP contribution in [-0.4, -0.2) is 58.6 Å². The number of para-hydroxylation sites is 3.